The van der Waals surface area contributed by atoms with Gasteiger partial charge in [0.1, 0.15) is 22.6 Å². The molecule has 6 heteroatoms. The largest absolute Gasteiger partial charge is 0.493 e. The molecule has 1 rings (SSSR count). The second-order valence-electron chi connectivity index (χ2n) is 9.81. The van der Waals surface area contributed by atoms with Gasteiger partial charge in [-0.2, -0.15) is 0 Å². The Morgan fingerprint density at radius 3 is 1.08 bits per heavy atom. The molecule has 0 atom stereocenters. The summed E-state index contributed by atoms with van der Waals surface area (Å²) in [7, 11) is 0. The number of ether oxygens (including phenoxy) is 2. The molecule has 36 heavy (non-hydrogen) atoms. The van der Waals surface area contributed by atoms with E-state index in [9.17, 15) is 19.8 Å². The molecule has 0 amide bonds. The Balaban J connectivity index is 2.46. The van der Waals surface area contributed by atoms with Gasteiger partial charge in [-0.25, -0.2) is 9.59 Å². The summed E-state index contributed by atoms with van der Waals surface area (Å²) in [5.41, 5.74) is -0.115. The van der Waals surface area contributed by atoms with Crippen LogP contribution in [0.15, 0.2) is 12.1 Å². The third kappa shape index (κ3) is 14.4. The fourth-order valence-electron chi connectivity index (χ4n) is 4.32. The summed E-state index contributed by atoms with van der Waals surface area (Å²) in [6.45, 7) is 5.17. The normalized spacial score (nSPS) is 10.9. The molecule has 0 aromatic heterocycles. The van der Waals surface area contributed by atoms with E-state index in [4.69, 9.17) is 9.47 Å². The van der Waals surface area contributed by atoms with Crippen LogP contribution < -0.4 is 9.47 Å². The van der Waals surface area contributed by atoms with E-state index in [0.717, 1.165) is 38.5 Å². The highest BCUT2D eigenvalue weighted by Gasteiger charge is 2.21. The summed E-state index contributed by atoms with van der Waals surface area (Å²) >= 11 is 0. The number of rotatable bonds is 24. The molecule has 0 heterocycles. The number of carboxylic acids is 2. The number of hydrogen-bond donors (Lipinski definition) is 2. The van der Waals surface area contributed by atoms with Gasteiger partial charge in [0.05, 0.1) is 13.2 Å². The molecule has 0 saturated heterocycles. The van der Waals surface area contributed by atoms with E-state index < -0.39 is 11.9 Å². The number of carboxylic acid groups (broad SMARTS) is 2. The van der Waals surface area contributed by atoms with Crippen LogP contribution in [0.25, 0.3) is 0 Å². The van der Waals surface area contributed by atoms with Crippen LogP contribution in [-0.2, 0) is 0 Å². The van der Waals surface area contributed by atoms with Gasteiger partial charge in [0.2, 0.25) is 0 Å². The molecule has 6 nitrogen and oxygen atoms in total. The van der Waals surface area contributed by atoms with Gasteiger partial charge in [-0.3, -0.25) is 0 Å². The third-order valence-electron chi connectivity index (χ3n) is 6.55. The lowest BCUT2D eigenvalue weighted by Gasteiger charge is -2.14. The molecule has 0 aliphatic rings. The molecule has 1 aromatic rings. The van der Waals surface area contributed by atoms with E-state index in [1.165, 1.54) is 89.2 Å². The lowest BCUT2D eigenvalue weighted by molar-refractivity contribution is 0.0672. The van der Waals surface area contributed by atoms with Gasteiger partial charge < -0.3 is 19.7 Å². The van der Waals surface area contributed by atoms with Crippen molar-refractivity contribution in [1.29, 1.82) is 0 Å². The fraction of sp³-hybridized carbons (Fsp3) is 0.733. The van der Waals surface area contributed by atoms with Crippen LogP contribution in [0.5, 0.6) is 11.5 Å². The molecular formula is C30H50O6. The first-order valence-electron chi connectivity index (χ1n) is 14.4. The standard InChI is InChI=1S/C30H50O6/c1-3-5-7-9-11-13-15-17-19-21-35-27-23-26(30(33)34)28(24-25(27)29(31)32)36-22-20-18-16-14-12-10-8-6-4-2/h23-24H,3-22H2,1-2H3,(H,31,32)(H,33,34). The Morgan fingerprint density at radius 1 is 0.528 bits per heavy atom. The zero-order valence-electron chi connectivity index (χ0n) is 22.8. The van der Waals surface area contributed by atoms with E-state index in [1.807, 2.05) is 0 Å². The summed E-state index contributed by atoms with van der Waals surface area (Å²) in [5, 5.41) is 19.3. The Hall–Kier alpha value is -2.24. The van der Waals surface area contributed by atoms with Gasteiger partial charge in [0, 0.05) is 0 Å². The van der Waals surface area contributed by atoms with E-state index in [0.29, 0.717) is 13.2 Å². The van der Waals surface area contributed by atoms with E-state index in [2.05, 4.69) is 13.8 Å². The second kappa shape index (κ2) is 20.9. The lowest BCUT2D eigenvalue weighted by atomic mass is 10.1. The topological polar surface area (TPSA) is 93.1 Å². The average Bonchev–Trinajstić information content (AvgIpc) is 2.86. The summed E-state index contributed by atoms with van der Waals surface area (Å²) in [5.74, 6) is -2.12. The van der Waals surface area contributed by atoms with Crippen molar-refractivity contribution in [2.75, 3.05) is 13.2 Å². The highest BCUT2D eigenvalue weighted by Crippen LogP contribution is 2.30. The average molecular weight is 507 g/mol. The van der Waals surface area contributed by atoms with Crippen LogP contribution >= 0.6 is 0 Å². The van der Waals surface area contributed by atoms with Gasteiger partial charge in [-0.1, -0.05) is 117 Å². The Morgan fingerprint density at radius 2 is 0.806 bits per heavy atom. The summed E-state index contributed by atoms with van der Waals surface area (Å²) in [4.78, 5) is 23.6. The smallest absolute Gasteiger partial charge is 0.339 e. The minimum absolute atomic E-state index is 0.0574. The molecule has 0 aliphatic heterocycles. The van der Waals surface area contributed by atoms with E-state index in [-0.39, 0.29) is 22.6 Å². The van der Waals surface area contributed by atoms with Crippen molar-refractivity contribution < 1.29 is 29.3 Å². The summed E-state index contributed by atoms with van der Waals surface area (Å²) < 4.78 is 11.4. The van der Waals surface area contributed by atoms with Crippen molar-refractivity contribution in [2.45, 2.75) is 129 Å². The first-order chi connectivity index (χ1) is 17.5. The highest BCUT2D eigenvalue weighted by molar-refractivity contribution is 5.97. The number of unbranched alkanes of at least 4 members (excludes halogenated alkanes) is 16. The minimum Gasteiger partial charge on any atom is -0.493 e. The molecule has 0 saturated carbocycles. The molecule has 1 aromatic carbocycles. The third-order valence-corrected chi connectivity index (χ3v) is 6.55. The molecule has 0 unspecified atom stereocenters. The predicted molar refractivity (Wildman–Crippen MR) is 146 cm³/mol. The monoisotopic (exact) mass is 506 g/mol. The highest BCUT2D eigenvalue weighted by atomic mass is 16.5. The molecule has 0 spiro atoms. The number of benzene rings is 1. The molecule has 0 aliphatic carbocycles. The molecule has 0 radical (unpaired) electrons. The van der Waals surface area contributed by atoms with Crippen molar-refractivity contribution >= 4 is 11.9 Å². The van der Waals surface area contributed by atoms with Crippen molar-refractivity contribution in [3.05, 3.63) is 23.3 Å². The number of aromatic carboxylic acids is 2. The SMILES string of the molecule is CCCCCCCCCCCOc1cc(C(=O)O)c(OCCCCCCCCCCC)cc1C(=O)O. The van der Waals surface area contributed by atoms with Crippen LogP contribution in [0.2, 0.25) is 0 Å². The quantitative estimate of drug-likeness (QED) is 0.136. The van der Waals surface area contributed by atoms with Crippen molar-refractivity contribution in [1.82, 2.24) is 0 Å². The van der Waals surface area contributed by atoms with Crippen LogP contribution in [0, 0.1) is 0 Å². The van der Waals surface area contributed by atoms with Crippen LogP contribution in [0.4, 0.5) is 0 Å². The summed E-state index contributed by atoms with van der Waals surface area (Å²) in [6, 6.07) is 2.59. The van der Waals surface area contributed by atoms with E-state index in [1.54, 1.807) is 0 Å². The number of carbonyl (C=O) groups is 2. The van der Waals surface area contributed by atoms with Gasteiger partial charge >= 0.3 is 11.9 Å². The second-order valence-corrected chi connectivity index (χ2v) is 9.81. The Bertz CT molecular complexity index is 669. The van der Waals surface area contributed by atoms with Crippen molar-refractivity contribution in [2.24, 2.45) is 0 Å². The maximum atomic E-state index is 11.8. The van der Waals surface area contributed by atoms with Gasteiger partial charge in [0.15, 0.2) is 0 Å². The predicted octanol–water partition coefficient (Wildman–Crippen LogP) is 8.90. The first-order valence-corrected chi connectivity index (χ1v) is 14.4. The lowest BCUT2D eigenvalue weighted by Crippen LogP contribution is -2.10. The minimum atomic E-state index is -1.15. The van der Waals surface area contributed by atoms with Gasteiger partial charge in [-0.15, -0.1) is 0 Å². The molecule has 0 fully saturated rings. The Labute approximate surface area is 218 Å². The fourth-order valence-corrected chi connectivity index (χ4v) is 4.32. The van der Waals surface area contributed by atoms with Gasteiger partial charge in [-0.05, 0) is 25.0 Å². The van der Waals surface area contributed by atoms with Crippen LogP contribution in [-0.4, -0.2) is 35.4 Å². The van der Waals surface area contributed by atoms with E-state index >= 15 is 0 Å². The van der Waals surface area contributed by atoms with Crippen LogP contribution in [0.1, 0.15) is 150 Å². The van der Waals surface area contributed by atoms with Crippen molar-refractivity contribution in [3.8, 4) is 11.5 Å². The first kappa shape index (κ1) is 31.8. The van der Waals surface area contributed by atoms with Crippen LogP contribution in [0.3, 0.4) is 0 Å². The van der Waals surface area contributed by atoms with Crippen molar-refractivity contribution in [3.63, 3.8) is 0 Å². The molecular weight excluding hydrogens is 456 g/mol. The Kier molecular flexibility index (Phi) is 18.5. The number of hydrogen-bond acceptors (Lipinski definition) is 4. The maximum Gasteiger partial charge on any atom is 0.339 e. The molecule has 0 bridgehead atoms. The zero-order chi connectivity index (χ0) is 26.4. The maximum absolute atomic E-state index is 11.8. The van der Waals surface area contributed by atoms with Gasteiger partial charge in [0.25, 0.3) is 0 Å². The molecule has 206 valence electrons. The summed E-state index contributed by atoms with van der Waals surface area (Å²) in [6.07, 6.45) is 21.2. The molecule has 2 N–H and O–H groups in total. The zero-order valence-corrected chi connectivity index (χ0v) is 22.8.